The highest BCUT2D eigenvalue weighted by atomic mass is 79.9. The fourth-order valence-corrected chi connectivity index (χ4v) is 5.13. The van der Waals surface area contributed by atoms with E-state index in [4.69, 9.17) is 19.6 Å². The lowest BCUT2D eigenvalue weighted by Crippen LogP contribution is -2.54. The van der Waals surface area contributed by atoms with E-state index in [0.29, 0.717) is 37.6 Å². The van der Waals surface area contributed by atoms with Crippen molar-refractivity contribution in [1.29, 1.82) is 0 Å². The van der Waals surface area contributed by atoms with Crippen LogP contribution in [0.15, 0.2) is 86.7 Å². The highest BCUT2D eigenvalue weighted by Gasteiger charge is 2.53. The Bertz CT molecular complexity index is 1270. The van der Waals surface area contributed by atoms with Crippen molar-refractivity contribution in [3.8, 4) is 5.75 Å². The summed E-state index contributed by atoms with van der Waals surface area (Å²) in [6.45, 7) is 3.27. The number of hydrogen-bond donors (Lipinski definition) is 3. The smallest absolute Gasteiger partial charge is 0.266 e. The number of benzene rings is 3. The van der Waals surface area contributed by atoms with E-state index >= 15 is 0 Å². The van der Waals surface area contributed by atoms with Gasteiger partial charge in [0.1, 0.15) is 5.75 Å². The molecule has 0 fully saturated rings. The molecule has 0 spiro atoms. The van der Waals surface area contributed by atoms with Gasteiger partial charge in [-0.15, -0.1) is 0 Å². The third-order valence-electron chi connectivity index (χ3n) is 6.46. The molecule has 0 saturated heterocycles. The van der Waals surface area contributed by atoms with E-state index in [1.165, 1.54) is 0 Å². The van der Waals surface area contributed by atoms with Gasteiger partial charge in [0.15, 0.2) is 11.6 Å². The van der Waals surface area contributed by atoms with Crippen LogP contribution in [0.5, 0.6) is 5.75 Å². The zero-order valence-corrected chi connectivity index (χ0v) is 25.0. The first-order chi connectivity index (χ1) is 19.0. The van der Waals surface area contributed by atoms with Gasteiger partial charge >= 0.3 is 0 Å². The third-order valence-corrected chi connectivity index (χ3v) is 7.71. The van der Waals surface area contributed by atoms with Crippen molar-refractivity contribution in [2.24, 2.45) is 4.99 Å². The maximum Gasteiger partial charge on any atom is 0.266 e. The van der Waals surface area contributed by atoms with Gasteiger partial charge < -0.3 is 14.6 Å². The molecular formula is C30H33Br2N3O4. The molecule has 1 heterocycles. The summed E-state index contributed by atoms with van der Waals surface area (Å²) >= 11 is 7.17. The van der Waals surface area contributed by atoms with Crippen LogP contribution in [0.4, 0.5) is 0 Å². The molecule has 0 saturated carbocycles. The van der Waals surface area contributed by atoms with E-state index < -0.39 is 11.6 Å². The van der Waals surface area contributed by atoms with Crippen molar-refractivity contribution >= 4 is 43.7 Å². The predicted octanol–water partition coefficient (Wildman–Crippen LogP) is 5.89. The van der Waals surface area contributed by atoms with Crippen molar-refractivity contribution < 1.29 is 19.4 Å². The Morgan fingerprint density at radius 1 is 1.05 bits per heavy atom. The molecule has 0 aliphatic carbocycles. The van der Waals surface area contributed by atoms with Crippen molar-refractivity contribution in [3.63, 3.8) is 0 Å². The van der Waals surface area contributed by atoms with Crippen LogP contribution in [0.25, 0.3) is 0 Å². The largest absolute Gasteiger partial charge is 0.494 e. The van der Waals surface area contributed by atoms with Gasteiger partial charge in [-0.05, 0) is 54.4 Å². The summed E-state index contributed by atoms with van der Waals surface area (Å²) < 4.78 is 14.0. The second-order valence-corrected chi connectivity index (χ2v) is 11.1. The molecule has 1 aliphatic heterocycles. The lowest BCUT2D eigenvalue weighted by Gasteiger charge is -2.31. The minimum Gasteiger partial charge on any atom is -0.494 e. The number of carbonyl (C=O) groups is 1. The van der Waals surface area contributed by atoms with E-state index in [9.17, 15) is 4.79 Å². The second kappa shape index (κ2) is 14.1. The summed E-state index contributed by atoms with van der Waals surface area (Å²) in [7, 11) is 0. The van der Waals surface area contributed by atoms with Gasteiger partial charge in [-0.25, -0.2) is 10.4 Å². The van der Waals surface area contributed by atoms with E-state index in [-0.39, 0.29) is 12.5 Å². The number of rotatable bonds is 13. The van der Waals surface area contributed by atoms with Crippen molar-refractivity contribution in [2.75, 3.05) is 19.8 Å². The number of aliphatic hydroxyl groups is 1. The predicted molar refractivity (Wildman–Crippen MR) is 160 cm³/mol. The van der Waals surface area contributed by atoms with Crippen LogP contribution >= 0.6 is 31.9 Å². The van der Waals surface area contributed by atoms with Gasteiger partial charge in [-0.1, -0.05) is 75.5 Å². The summed E-state index contributed by atoms with van der Waals surface area (Å²) in [4.78, 5) is 19.1. The van der Waals surface area contributed by atoms with Crippen LogP contribution in [-0.2, 0) is 16.0 Å². The molecule has 0 aromatic heterocycles. The zero-order valence-electron chi connectivity index (χ0n) is 21.8. The summed E-state index contributed by atoms with van der Waals surface area (Å²) in [6.07, 6.45) is 2.16. The first kappa shape index (κ1) is 29.3. The fourth-order valence-electron chi connectivity index (χ4n) is 4.38. The number of hydrazine groups is 1. The average Bonchev–Trinajstić information content (AvgIpc) is 3.33. The van der Waals surface area contributed by atoms with Crippen molar-refractivity contribution in [2.45, 2.75) is 44.2 Å². The first-order valence-electron chi connectivity index (χ1n) is 13.1. The Morgan fingerprint density at radius 3 is 2.49 bits per heavy atom. The molecular weight excluding hydrogens is 626 g/mol. The molecule has 4 rings (SSSR count). The number of carbonyl (C=O) groups excluding carboxylic acids is 1. The van der Waals surface area contributed by atoms with E-state index in [2.05, 4.69) is 49.6 Å². The van der Waals surface area contributed by atoms with Gasteiger partial charge in [0.2, 0.25) is 5.90 Å². The van der Waals surface area contributed by atoms with E-state index in [1.807, 2.05) is 72.8 Å². The Balaban J connectivity index is 1.75. The van der Waals surface area contributed by atoms with Gasteiger partial charge in [0, 0.05) is 46.1 Å². The molecule has 3 aromatic rings. The van der Waals surface area contributed by atoms with E-state index in [0.717, 1.165) is 38.5 Å². The number of halogens is 2. The van der Waals surface area contributed by atoms with Crippen LogP contribution in [0.3, 0.4) is 0 Å². The molecule has 3 aromatic carbocycles. The molecule has 206 valence electrons. The maximum absolute atomic E-state index is 14.0. The number of unbranched alkanes of at least 4 members (excludes halogenated alkanes) is 1. The third kappa shape index (κ3) is 7.28. The molecule has 2 atom stereocenters. The van der Waals surface area contributed by atoms with Crippen molar-refractivity contribution in [3.05, 3.63) is 98.4 Å². The molecule has 3 N–H and O–H groups in total. The number of ether oxygens (including phenoxy) is 2. The molecule has 0 bridgehead atoms. The lowest BCUT2D eigenvalue weighted by molar-refractivity contribution is -0.130. The minimum atomic E-state index is -1.28. The van der Waals surface area contributed by atoms with Crippen LogP contribution in [-0.4, -0.2) is 42.2 Å². The number of aliphatic hydroxyl groups excluding tert-OH is 1. The zero-order chi connectivity index (χ0) is 27.7. The monoisotopic (exact) mass is 657 g/mol. The van der Waals surface area contributed by atoms with Gasteiger partial charge in [0.25, 0.3) is 5.91 Å². The average molecular weight is 659 g/mol. The summed E-state index contributed by atoms with van der Waals surface area (Å²) in [5.41, 5.74) is 7.26. The Labute approximate surface area is 246 Å². The molecule has 0 radical (unpaired) electrons. The summed E-state index contributed by atoms with van der Waals surface area (Å²) in [5.74, 6) is 0.812. The molecule has 39 heavy (non-hydrogen) atoms. The molecule has 9 heteroatoms. The number of amides is 1. The van der Waals surface area contributed by atoms with Crippen molar-refractivity contribution in [1.82, 2.24) is 10.9 Å². The minimum absolute atomic E-state index is 0.0784. The molecule has 7 nitrogen and oxygen atoms in total. The van der Waals surface area contributed by atoms with Crippen LogP contribution in [0.2, 0.25) is 0 Å². The topological polar surface area (TPSA) is 92.2 Å². The molecule has 1 amide bonds. The molecule has 0 unspecified atom stereocenters. The maximum atomic E-state index is 14.0. The van der Waals surface area contributed by atoms with Crippen LogP contribution < -0.4 is 15.6 Å². The fraction of sp³-hybridized carbons (Fsp3) is 0.333. The SMILES string of the molecule is CCCCNNC(=O)[C@@]1(Cc2ccc(Br)cc2)N=C(c2ccc(OCCCO)cc2)O[C@H]1c1ccccc1Br. The van der Waals surface area contributed by atoms with Gasteiger partial charge in [-0.3, -0.25) is 10.2 Å². The molecule has 1 aliphatic rings. The highest BCUT2D eigenvalue weighted by molar-refractivity contribution is 9.10. The van der Waals surface area contributed by atoms with E-state index in [1.54, 1.807) is 0 Å². The summed E-state index contributed by atoms with van der Waals surface area (Å²) in [5, 5.41) is 9.01. The van der Waals surface area contributed by atoms with Gasteiger partial charge in [0.05, 0.1) is 6.61 Å². The first-order valence-corrected chi connectivity index (χ1v) is 14.7. The second-order valence-electron chi connectivity index (χ2n) is 9.35. The Hall–Kier alpha value is -2.72. The highest BCUT2D eigenvalue weighted by Crippen LogP contribution is 2.44. The number of nitrogens with one attached hydrogen (secondary N) is 2. The standard InChI is InChI=1S/C30H33Br2N3O4/c1-2-3-17-33-35-29(37)30(20-21-9-13-23(31)14-10-21)27(25-7-4-5-8-26(25)32)39-28(34-30)22-11-15-24(16-12-22)38-19-6-18-36/h4-5,7-16,27,33,36H,2-3,6,17-20H2,1H3,(H,35,37)/t27-,30-/m0/s1. The normalized spacial score (nSPS) is 18.4. The Kier molecular flexibility index (Phi) is 10.6. The number of hydrogen-bond acceptors (Lipinski definition) is 6. The van der Waals surface area contributed by atoms with Crippen LogP contribution in [0, 0.1) is 0 Å². The number of aliphatic imine (C=N–C) groups is 1. The Morgan fingerprint density at radius 2 is 1.79 bits per heavy atom. The summed E-state index contributed by atoms with van der Waals surface area (Å²) in [6, 6.07) is 23.1. The lowest BCUT2D eigenvalue weighted by atomic mass is 9.82. The van der Waals surface area contributed by atoms with Crippen LogP contribution in [0.1, 0.15) is 49.0 Å². The van der Waals surface area contributed by atoms with Gasteiger partial charge in [-0.2, -0.15) is 0 Å². The number of nitrogens with zero attached hydrogens (tertiary/aromatic N) is 1. The quantitative estimate of drug-likeness (QED) is 0.157.